The molecule has 0 bridgehead atoms. The second kappa shape index (κ2) is 7.86. The van der Waals surface area contributed by atoms with E-state index in [0.29, 0.717) is 6.04 Å². The zero-order valence-corrected chi connectivity index (χ0v) is 13.1. The molecule has 0 aromatic carbocycles. The van der Waals surface area contributed by atoms with E-state index in [1.54, 1.807) is 6.20 Å². The van der Waals surface area contributed by atoms with Crippen molar-refractivity contribution in [2.75, 3.05) is 7.05 Å². The maximum atomic E-state index is 4.71. The summed E-state index contributed by atoms with van der Waals surface area (Å²) in [6.45, 7) is 6.82. The second-order valence-electron chi connectivity index (χ2n) is 5.69. The summed E-state index contributed by atoms with van der Waals surface area (Å²) in [5, 5.41) is 3.40. The summed E-state index contributed by atoms with van der Waals surface area (Å²) in [7, 11) is 2.10. The highest BCUT2D eigenvalue weighted by atomic mass is 15.1. The molecule has 2 aromatic heterocycles. The SMILES string of the molecule is CC(C)NCc1cccc(CN(C)Cc2cccnc2)n1. The van der Waals surface area contributed by atoms with Crippen LogP contribution < -0.4 is 5.32 Å². The second-order valence-corrected chi connectivity index (χ2v) is 5.69. The third kappa shape index (κ3) is 5.61. The van der Waals surface area contributed by atoms with Gasteiger partial charge in [0.05, 0.1) is 11.4 Å². The predicted octanol–water partition coefficient (Wildman–Crippen LogP) is 2.61. The summed E-state index contributed by atoms with van der Waals surface area (Å²) < 4.78 is 0. The molecule has 112 valence electrons. The van der Waals surface area contributed by atoms with Gasteiger partial charge in [-0.15, -0.1) is 0 Å². The third-order valence-corrected chi connectivity index (χ3v) is 3.16. The molecule has 4 heteroatoms. The van der Waals surface area contributed by atoms with Crippen molar-refractivity contribution in [3.05, 3.63) is 59.7 Å². The average Bonchev–Trinajstić information content (AvgIpc) is 2.46. The van der Waals surface area contributed by atoms with Crippen molar-refractivity contribution in [3.63, 3.8) is 0 Å². The Balaban J connectivity index is 1.91. The molecule has 2 aromatic rings. The zero-order valence-electron chi connectivity index (χ0n) is 13.1. The standard InChI is InChI=1S/C17H24N4/c1-14(2)19-11-16-7-4-8-17(20-16)13-21(3)12-15-6-5-9-18-10-15/h4-10,14,19H,11-13H2,1-3H3. The number of aromatic nitrogens is 2. The highest BCUT2D eigenvalue weighted by molar-refractivity contribution is 5.12. The molecule has 0 atom stereocenters. The predicted molar refractivity (Wildman–Crippen MR) is 85.6 cm³/mol. The van der Waals surface area contributed by atoms with E-state index in [0.717, 1.165) is 31.0 Å². The van der Waals surface area contributed by atoms with E-state index in [4.69, 9.17) is 4.98 Å². The summed E-state index contributed by atoms with van der Waals surface area (Å²) in [4.78, 5) is 11.1. The normalized spacial score (nSPS) is 11.3. The lowest BCUT2D eigenvalue weighted by molar-refractivity contribution is 0.314. The lowest BCUT2D eigenvalue weighted by Gasteiger charge is -2.16. The summed E-state index contributed by atoms with van der Waals surface area (Å²) >= 11 is 0. The van der Waals surface area contributed by atoms with Gasteiger partial charge < -0.3 is 5.32 Å². The molecule has 2 rings (SSSR count). The largest absolute Gasteiger partial charge is 0.309 e. The molecule has 0 aliphatic carbocycles. The summed E-state index contributed by atoms with van der Waals surface area (Å²) in [5.41, 5.74) is 3.41. The van der Waals surface area contributed by atoms with Gasteiger partial charge in [0.1, 0.15) is 0 Å². The first-order valence-corrected chi connectivity index (χ1v) is 7.39. The van der Waals surface area contributed by atoms with Gasteiger partial charge in [-0.2, -0.15) is 0 Å². The van der Waals surface area contributed by atoms with E-state index < -0.39 is 0 Å². The van der Waals surface area contributed by atoms with E-state index in [1.807, 2.05) is 12.3 Å². The first-order chi connectivity index (χ1) is 10.1. The number of nitrogens with one attached hydrogen (secondary N) is 1. The van der Waals surface area contributed by atoms with Crippen LogP contribution in [-0.2, 0) is 19.6 Å². The lowest BCUT2D eigenvalue weighted by Crippen LogP contribution is -2.23. The smallest absolute Gasteiger partial charge is 0.0547 e. The molecule has 0 radical (unpaired) electrons. The summed E-state index contributed by atoms with van der Waals surface area (Å²) in [6, 6.07) is 10.8. The molecule has 1 N–H and O–H groups in total. The Morgan fingerprint density at radius 3 is 2.62 bits per heavy atom. The molecule has 0 amide bonds. The van der Waals surface area contributed by atoms with E-state index in [9.17, 15) is 0 Å². The first-order valence-electron chi connectivity index (χ1n) is 7.39. The minimum absolute atomic E-state index is 0.476. The molecular weight excluding hydrogens is 260 g/mol. The molecule has 4 nitrogen and oxygen atoms in total. The number of rotatable bonds is 7. The van der Waals surface area contributed by atoms with E-state index in [-0.39, 0.29) is 0 Å². The Morgan fingerprint density at radius 2 is 1.90 bits per heavy atom. The molecule has 0 unspecified atom stereocenters. The molecule has 0 saturated carbocycles. The van der Waals surface area contributed by atoms with Crippen LogP contribution in [0.4, 0.5) is 0 Å². The van der Waals surface area contributed by atoms with Gasteiger partial charge in [-0.3, -0.25) is 14.9 Å². The van der Waals surface area contributed by atoms with E-state index in [2.05, 4.69) is 60.4 Å². The molecule has 0 saturated heterocycles. The van der Waals surface area contributed by atoms with Gasteiger partial charge in [0.2, 0.25) is 0 Å². The Bertz CT molecular complexity index is 539. The molecule has 0 aliphatic rings. The van der Waals surface area contributed by atoms with Crippen molar-refractivity contribution in [2.45, 2.75) is 39.5 Å². The number of hydrogen-bond acceptors (Lipinski definition) is 4. The first kappa shape index (κ1) is 15.6. The molecule has 0 spiro atoms. The van der Waals surface area contributed by atoms with Crippen molar-refractivity contribution in [3.8, 4) is 0 Å². The molecule has 2 heterocycles. The zero-order chi connectivity index (χ0) is 15.1. The lowest BCUT2D eigenvalue weighted by atomic mass is 10.2. The Morgan fingerprint density at radius 1 is 1.10 bits per heavy atom. The summed E-state index contributed by atoms with van der Waals surface area (Å²) in [6.07, 6.45) is 3.71. The van der Waals surface area contributed by atoms with Crippen molar-refractivity contribution in [1.29, 1.82) is 0 Å². The van der Waals surface area contributed by atoms with Crippen molar-refractivity contribution < 1.29 is 0 Å². The van der Waals surface area contributed by atoms with E-state index in [1.165, 1.54) is 5.56 Å². The van der Waals surface area contributed by atoms with Crippen LogP contribution in [0, 0.1) is 0 Å². The van der Waals surface area contributed by atoms with Crippen molar-refractivity contribution >= 4 is 0 Å². The fraction of sp³-hybridized carbons (Fsp3) is 0.412. The molecule has 21 heavy (non-hydrogen) atoms. The van der Waals surface area contributed by atoms with Crippen LogP contribution in [-0.4, -0.2) is 28.0 Å². The van der Waals surface area contributed by atoms with Gasteiger partial charge in [-0.1, -0.05) is 26.0 Å². The van der Waals surface area contributed by atoms with Crippen LogP contribution in [0.5, 0.6) is 0 Å². The van der Waals surface area contributed by atoms with Gasteiger partial charge in [0.25, 0.3) is 0 Å². The van der Waals surface area contributed by atoms with Gasteiger partial charge in [0.15, 0.2) is 0 Å². The van der Waals surface area contributed by atoms with Crippen LogP contribution in [0.15, 0.2) is 42.7 Å². The molecular formula is C17H24N4. The van der Waals surface area contributed by atoms with Crippen LogP contribution >= 0.6 is 0 Å². The quantitative estimate of drug-likeness (QED) is 0.848. The number of nitrogens with zero attached hydrogens (tertiary/aromatic N) is 3. The topological polar surface area (TPSA) is 41.0 Å². The highest BCUT2D eigenvalue weighted by Gasteiger charge is 2.04. The van der Waals surface area contributed by atoms with Crippen LogP contribution in [0.3, 0.4) is 0 Å². The third-order valence-electron chi connectivity index (χ3n) is 3.16. The van der Waals surface area contributed by atoms with Crippen LogP contribution in [0.25, 0.3) is 0 Å². The highest BCUT2D eigenvalue weighted by Crippen LogP contribution is 2.06. The van der Waals surface area contributed by atoms with Crippen molar-refractivity contribution in [2.24, 2.45) is 0 Å². The maximum Gasteiger partial charge on any atom is 0.0547 e. The molecule has 0 aliphatic heterocycles. The fourth-order valence-electron chi connectivity index (χ4n) is 2.16. The monoisotopic (exact) mass is 284 g/mol. The summed E-state index contributed by atoms with van der Waals surface area (Å²) in [5.74, 6) is 0. The fourth-order valence-corrected chi connectivity index (χ4v) is 2.16. The van der Waals surface area contributed by atoms with Crippen molar-refractivity contribution in [1.82, 2.24) is 20.2 Å². The average molecular weight is 284 g/mol. The van der Waals surface area contributed by atoms with Gasteiger partial charge in [-0.25, -0.2) is 0 Å². The van der Waals surface area contributed by atoms with Gasteiger partial charge >= 0.3 is 0 Å². The van der Waals surface area contributed by atoms with Crippen LogP contribution in [0.1, 0.15) is 30.8 Å². The number of hydrogen-bond donors (Lipinski definition) is 1. The van der Waals surface area contributed by atoms with Gasteiger partial charge in [-0.05, 0) is 30.8 Å². The van der Waals surface area contributed by atoms with Crippen LogP contribution in [0.2, 0.25) is 0 Å². The number of pyridine rings is 2. The Kier molecular flexibility index (Phi) is 5.84. The molecule has 0 fully saturated rings. The van der Waals surface area contributed by atoms with E-state index >= 15 is 0 Å². The Hall–Kier alpha value is -1.78. The minimum atomic E-state index is 0.476. The maximum absolute atomic E-state index is 4.71. The van der Waals surface area contributed by atoms with Gasteiger partial charge in [0, 0.05) is 38.1 Å². The minimum Gasteiger partial charge on any atom is -0.309 e. The Labute approximate surface area is 127 Å².